The number of carbonyl (C=O) groups excluding carboxylic acids is 1. The molecule has 1 fully saturated rings. The minimum atomic E-state index is -0.349. The lowest BCUT2D eigenvalue weighted by Gasteiger charge is -2.28. The van der Waals surface area contributed by atoms with Crippen molar-refractivity contribution in [3.63, 3.8) is 0 Å². The van der Waals surface area contributed by atoms with Gasteiger partial charge in [0.25, 0.3) is 11.5 Å². The van der Waals surface area contributed by atoms with Crippen LogP contribution in [0.2, 0.25) is 0 Å². The van der Waals surface area contributed by atoms with Gasteiger partial charge in [-0.05, 0) is 68.3 Å². The predicted molar refractivity (Wildman–Crippen MR) is 132 cm³/mol. The highest BCUT2D eigenvalue weighted by Gasteiger charge is 2.17. The van der Waals surface area contributed by atoms with E-state index in [4.69, 9.17) is 0 Å². The molecule has 1 aromatic heterocycles. The first-order valence-electron chi connectivity index (χ1n) is 11.4. The first-order chi connectivity index (χ1) is 16.1. The minimum Gasteiger partial charge on any atom is -0.372 e. The fraction of sp³-hybridized carbons (Fsp3) is 0.375. The van der Waals surface area contributed by atoms with E-state index >= 15 is 0 Å². The van der Waals surface area contributed by atoms with E-state index < -0.39 is 0 Å². The summed E-state index contributed by atoms with van der Waals surface area (Å²) >= 11 is 0. The van der Waals surface area contributed by atoms with Gasteiger partial charge in [-0.15, -0.1) is 0 Å². The highest BCUT2D eigenvalue weighted by Crippen LogP contribution is 2.21. The monoisotopic (exact) mass is 449 g/mol. The summed E-state index contributed by atoms with van der Waals surface area (Å²) < 4.78 is 0. The number of guanidine groups is 1. The number of piperidine rings is 1. The molecular formula is C24H31N7O2. The van der Waals surface area contributed by atoms with Crippen LogP contribution in [0.15, 0.2) is 58.6 Å². The molecule has 174 valence electrons. The van der Waals surface area contributed by atoms with Crippen molar-refractivity contribution in [1.29, 1.82) is 0 Å². The highest BCUT2D eigenvalue weighted by molar-refractivity contribution is 6.04. The number of anilines is 2. The first kappa shape index (κ1) is 22.6. The SMILES string of the molecule is CNCCN=C1NC=CC(c2c[nH]c(=O)c(NC(=O)c3ccc(N4CCCCC4)cc3)c2)N1. The van der Waals surface area contributed by atoms with Crippen LogP contribution in [0.3, 0.4) is 0 Å². The molecule has 5 N–H and O–H groups in total. The molecule has 9 nitrogen and oxygen atoms in total. The average molecular weight is 450 g/mol. The Morgan fingerprint density at radius 1 is 1.18 bits per heavy atom. The highest BCUT2D eigenvalue weighted by atomic mass is 16.2. The zero-order chi connectivity index (χ0) is 23.0. The molecule has 2 aliphatic rings. The number of nitrogens with zero attached hydrogens (tertiary/aromatic N) is 2. The number of likely N-dealkylation sites (N-methyl/N-ethyl adjacent to an activating group) is 1. The van der Waals surface area contributed by atoms with Gasteiger partial charge in [-0.3, -0.25) is 14.6 Å². The number of rotatable bonds is 7. The normalized spacial score (nSPS) is 19.1. The van der Waals surface area contributed by atoms with E-state index in [1.807, 2.05) is 43.6 Å². The second-order valence-corrected chi connectivity index (χ2v) is 8.18. The second-order valence-electron chi connectivity index (χ2n) is 8.18. The molecule has 0 aliphatic carbocycles. The molecule has 0 radical (unpaired) electrons. The molecule has 1 atom stereocenters. The molecule has 3 heterocycles. The fourth-order valence-electron chi connectivity index (χ4n) is 3.97. The van der Waals surface area contributed by atoms with E-state index in [0.29, 0.717) is 18.1 Å². The molecular weight excluding hydrogens is 418 g/mol. The Balaban J connectivity index is 1.44. The molecule has 1 unspecified atom stereocenters. The predicted octanol–water partition coefficient (Wildman–Crippen LogP) is 1.94. The van der Waals surface area contributed by atoms with Crippen molar-refractivity contribution < 1.29 is 4.79 Å². The third kappa shape index (κ3) is 5.81. The number of hydrogen-bond acceptors (Lipinski definition) is 5. The summed E-state index contributed by atoms with van der Waals surface area (Å²) in [4.78, 5) is 34.7. The van der Waals surface area contributed by atoms with Crippen molar-refractivity contribution in [2.45, 2.75) is 25.3 Å². The van der Waals surface area contributed by atoms with Crippen molar-refractivity contribution >= 4 is 23.2 Å². The molecule has 1 amide bonds. The van der Waals surface area contributed by atoms with E-state index in [1.54, 1.807) is 12.3 Å². The van der Waals surface area contributed by atoms with E-state index in [1.165, 1.54) is 19.3 Å². The number of carbonyl (C=O) groups is 1. The molecule has 9 heteroatoms. The summed E-state index contributed by atoms with van der Waals surface area (Å²) in [6, 6.07) is 9.07. The molecule has 4 rings (SSSR count). The van der Waals surface area contributed by atoms with Crippen LogP contribution in [-0.4, -0.2) is 50.1 Å². The molecule has 1 aromatic carbocycles. The molecule has 2 aliphatic heterocycles. The van der Waals surface area contributed by atoms with Crippen LogP contribution >= 0.6 is 0 Å². The Morgan fingerprint density at radius 2 is 1.97 bits per heavy atom. The molecule has 0 bridgehead atoms. The van der Waals surface area contributed by atoms with Gasteiger partial charge in [0, 0.05) is 43.3 Å². The largest absolute Gasteiger partial charge is 0.372 e. The Hall–Kier alpha value is -3.59. The zero-order valence-corrected chi connectivity index (χ0v) is 18.9. The number of aromatic amines is 1. The van der Waals surface area contributed by atoms with Gasteiger partial charge in [-0.1, -0.05) is 0 Å². The van der Waals surface area contributed by atoms with Crippen LogP contribution in [0.4, 0.5) is 11.4 Å². The van der Waals surface area contributed by atoms with Crippen LogP contribution in [-0.2, 0) is 0 Å². The summed E-state index contributed by atoms with van der Waals surface area (Å²) in [7, 11) is 1.88. The van der Waals surface area contributed by atoms with Gasteiger partial charge < -0.3 is 31.2 Å². The smallest absolute Gasteiger partial charge is 0.271 e. The Kier molecular flexibility index (Phi) is 7.41. The molecule has 33 heavy (non-hydrogen) atoms. The molecule has 0 spiro atoms. The zero-order valence-electron chi connectivity index (χ0n) is 18.9. The van der Waals surface area contributed by atoms with E-state index in [2.05, 4.69) is 36.1 Å². The van der Waals surface area contributed by atoms with E-state index in [-0.39, 0.29) is 23.2 Å². The van der Waals surface area contributed by atoms with E-state index in [9.17, 15) is 9.59 Å². The lowest BCUT2D eigenvalue weighted by atomic mass is 10.1. The molecule has 2 aromatic rings. The summed E-state index contributed by atoms with van der Waals surface area (Å²) in [6.45, 7) is 3.51. The maximum absolute atomic E-state index is 12.8. The number of aromatic nitrogens is 1. The fourth-order valence-corrected chi connectivity index (χ4v) is 3.97. The van der Waals surface area contributed by atoms with Crippen LogP contribution in [0, 0.1) is 0 Å². The number of hydrogen-bond donors (Lipinski definition) is 5. The van der Waals surface area contributed by atoms with Crippen LogP contribution in [0.5, 0.6) is 0 Å². The number of amides is 1. The minimum absolute atomic E-state index is 0.184. The summed E-state index contributed by atoms with van der Waals surface area (Å²) in [5, 5.41) is 12.2. The van der Waals surface area contributed by atoms with Crippen molar-refractivity contribution in [1.82, 2.24) is 20.9 Å². The van der Waals surface area contributed by atoms with Crippen LogP contribution in [0.1, 0.15) is 41.2 Å². The molecule has 1 saturated heterocycles. The van der Waals surface area contributed by atoms with Crippen LogP contribution < -0.4 is 31.7 Å². The van der Waals surface area contributed by atoms with Gasteiger partial charge in [0.1, 0.15) is 5.69 Å². The van der Waals surface area contributed by atoms with Crippen molar-refractivity contribution in [3.05, 3.63) is 70.3 Å². The second kappa shape index (κ2) is 10.8. The van der Waals surface area contributed by atoms with Crippen molar-refractivity contribution in [3.8, 4) is 0 Å². The van der Waals surface area contributed by atoms with Gasteiger partial charge >= 0.3 is 0 Å². The maximum Gasteiger partial charge on any atom is 0.271 e. The summed E-state index contributed by atoms with van der Waals surface area (Å²) in [5.41, 5.74) is 2.31. The molecule has 0 saturated carbocycles. The number of aliphatic imine (C=N–C) groups is 1. The maximum atomic E-state index is 12.8. The Bertz CT molecular complexity index is 1070. The van der Waals surface area contributed by atoms with Crippen molar-refractivity contribution in [2.75, 3.05) is 43.4 Å². The summed E-state index contributed by atoms with van der Waals surface area (Å²) in [5.74, 6) is 0.342. The Morgan fingerprint density at radius 3 is 2.73 bits per heavy atom. The first-order valence-corrected chi connectivity index (χ1v) is 11.4. The lowest BCUT2D eigenvalue weighted by Crippen LogP contribution is -2.40. The van der Waals surface area contributed by atoms with Gasteiger partial charge in [0.05, 0.1) is 12.6 Å². The third-order valence-corrected chi connectivity index (χ3v) is 5.82. The van der Waals surface area contributed by atoms with Crippen LogP contribution in [0.25, 0.3) is 0 Å². The van der Waals surface area contributed by atoms with Gasteiger partial charge in [-0.2, -0.15) is 0 Å². The van der Waals surface area contributed by atoms with Gasteiger partial charge in [-0.25, -0.2) is 0 Å². The summed E-state index contributed by atoms with van der Waals surface area (Å²) in [6.07, 6.45) is 9.06. The van der Waals surface area contributed by atoms with Gasteiger partial charge in [0.2, 0.25) is 0 Å². The number of pyridine rings is 1. The van der Waals surface area contributed by atoms with Gasteiger partial charge in [0.15, 0.2) is 5.96 Å². The number of nitrogens with one attached hydrogen (secondary N) is 5. The average Bonchev–Trinajstić information content (AvgIpc) is 2.86. The lowest BCUT2D eigenvalue weighted by molar-refractivity contribution is 0.102. The van der Waals surface area contributed by atoms with E-state index in [0.717, 1.165) is 30.9 Å². The topological polar surface area (TPSA) is 114 Å². The number of H-pyrrole nitrogens is 1. The quantitative estimate of drug-likeness (QED) is 0.413. The third-order valence-electron chi connectivity index (χ3n) is 5.82. The number of benzene rings is 1. The standard InChI is InChI=1S/C24H31N7O2/c1-25-11-12-27-24-26-10-9-20(30-24)18-15-21(23(33)28-16-18)29-22(32)17-5-7-19(8-6-17)31-13-3-2-4-14-31/h5-10,15-16,20,25H,2-4,11-14H2,1H3,(H,28,33)(H,29,32)(H2,26,27,30). The Labute approximate surface area is 193 Å². The van der Waals surface area contributed by atoms with Crippen molar-refractivity contribution in [2.24, 2.45) is 4.99 Å².